The van der Waals surface area contributed by atoms with Crippen molar-refractivity contribution in [3.05, 3.63) is 76.0 Å². The van der Waals surface area contributed by atoms with Crippen LogP contribution in [0.5, 0.6) is 0 Å². The Balaban J connectivity index is 2.14. The summed E-state index contributed by atoms with van der Waals surface area (Å²) >= 11 is 0. The average molecular weight is 376 g/mol. The second kappa shape index (κ2) is 8.01. The molecule has 2 aromatic carbocycles. The third-order valence-corrected chi connectivity index (χ3v) is 3.25. The van der Waals surface area contributed by atoms with E-state index < -0.39 is 28.1 Å². The number of carbonyl (C=O) groups excluding carboxylic acids is 1. The molecule has 0 fully saturated rings. The van der Waals surface area contributed by atoms with Crippen LogP contribution in [0.2, 0.25) is 0 Å². The molecule has 2 N–H and O–H groups in total. The molecule has 0 atom stereocenters. The lowest BCUT2D eigenvalue weighted by Gasteiger charge is -2.09. The third-order valence-electron chi connectivity index (χ3n) is 3.25. The highest BCUT2D eigenvalue weighted by molar-refractivity contribution is 6.06. The maximum absolute atomic E-state index is 12.7. The average Bonchev–Trinajstić information content (AvgIpc) is 2.62. The van der Waals surface area contributed by atoms with E-state index in [2.05, 4.69) is 10.6 Å². The van der Waals surface area contributed by atoms with Gasteiger partial charge >= 0.3 is 6.18 Å². The number of hydrogen-bond donors (Lipinski definition) is 2. The summed E-state index contributed by atoms with van der Waals surface area (Å²) in [5.41, 5.74) is -1.45. The SMILES string of the molecule is N#C/C(=C/Nc1cccc([N+](=O)[O-])c1)C(=O)Nc1cccc(C(F)(F)F)c1. The van der Waals surface area contributed by atoms with E-state index in [0.29, 0.717) is 0 Å². The molecule has 0 heterocycles. The number of nitrogens with one attached hydrogen (secondary N) is 2. The van der Waals surface area contributed by atoms with Crippen molar-refractivity contribution in [3.63, 3.8) is 0 Å². The first-order valence-electron chi connectivity index (χ1n) is 7.30. The van der Waals surface area contributed by atoms with E-state index in [-0.39, 0.29) is 17.1 Å². The van der Waals surface area contributed by atoms with Crippen molar-refractivity contribution >= 4 is 23.0 Å². The lowest BCUT2D eigenvalue weighted by molar-refractivity contribution is -0.384. The summed E-state index contributed by atoms with van der Waals surface area (Å²) in [6, 6.07) is 10.9. The molecule has 0 aliphatic rings. The van der Waals surface area contributed by atoms with Crippen LogP contribution in [0.4, 0.5) is 30.2 Å². The Morgan fingerprint density at radius 2 is 1.81 bits per heavy atom. The molecule has 138 valence electrons. The van der Waals surface area contributed by atoms with Gasteiger partial charge in [-0.25, -0.2) is 0 Å². The number of carbonyl (C=O) groups is 1. The van der Waals surface area contributed by atoms with Crippen LogP contribution in [-0.2, 0) is 11.0 Å². The predicted octanol–water partition coefficient (Wildman–Crippen LogP) is 4.07. The summed E-state index contributed by atoms with van der Waals surface area (Å²) < 4.78 is 38.1. The Morgan fingerprint density at radius 3 is 2.44 bits per heavy atom. The first-order valence-corrected chi connectivity index (χ1v) is 7.30. The van der Waals surface area contributed by atoms with E-state index in [1.807, 2.05) is 0 Å². The molecule has 0 unspecified atom stereocenters. The number of rotatable bonds is 5. The van der Waals surface area contributed by atoms with Gasteiger partial charge in [0.1, 0.15) is 11.6 Å². The number of hydrogen-bond acceptors (Lipinski definition) is 5. The lowest BCUT2D eigenvalue weighted by Crippen LogP contribution is -2.15. The molecule has 0 saturated carbocycles. The first-order chi connectivity index (χ1) is 12.7. The van der Waals surface area contributed by atoms with Crippen LogP contribution in [0.3, 0.4) is 0 Å². The van der Waals surface area contributed by atoms with Gasteiger partial charge in [0.15, 0.2) is 0 Å². The van der Waals surface area contributed by atoms with Gasteiger partial charge in [-0.05, 0) is 24.3 Å². The van der Waals surface area contributed by atoms with Gasteiger partial charge in [0.25, 0.3) is 11.6 Å². The fourth-order valence-electron chi connectivity index (χ4n) is 1.99. The minimum absolute atomic E-state index is 0.133. The van der Waals surface area contributed by atoms with E-state index >= 15 is 0 Å². The van der Waals surface area contributed by atoms with Crippen LogP contribution in [0.1, 0.15) is 5.56 Å². The second-order valence-electron chi connectivity index (χ2n) is 5.15. The number of anilines is 2. The van der Waals surface area contributed by atoms with Crippen LogP contribution in [0.15, 0.2) is 60.3 Å². The van der Waals surface area contributed by atoms with Crippen molar-refractivity contribution in [2.45, 2.75) is 6.18 Å². The Morgan fingerprint density at radius 1 is 1.15 bits per heavy atom. The number of amides is 1. The fraction of sp³-hybridized carbons (Fsp3) is 0.0588. The van der Waals surface area contributed by atoms with Crippen molar-refractivity contribution in [2.75, 3.05) is 10.6 Å². The molecule has 0 bridgehead atoms. The normalized spacial score (nSPS) is 11.4. The van der Waals surface area contributed by atoms with Gasteiger partial charge in [0, 0.05) is 29.7 Å². The molecule has 2 rings (SSSR count). The minimum atomic E-state index is -4.57. The van der Waals surface area contributed by atoms with Gasteiger partial charge in [0.2, 0.25) is 0 Å². The van der Waals surface area contributed by atoms with Crippen LogP contribution in [0.25, 0.3) is 0 Å². The summed E-state index contributed by atoms with van der Waals surface area (Å²) in [7, 11) is 0. The molecule has 0 saturated heterocycles. The van der Waals surface area contributed by atoms with E-state index in [1.165, 1.54) is 30.3 Å². The fourth-order valence-corrected chi connectivity index (χ4v) is 1.99. The molecule has 0 aliphatic carbocycles. The number of nitro groups is 1. The summed E-state index contributed by atoms with van der Waals surface area (Å²) in [6.07, 6.45) is -3.57. The van der Waals surface area contributed by atoms with Gasteiger partial charge in [-0.2, -0.15) is 18.4 Å². The Kier molecular flexibility index (Phi) is 5.77. The third kappa shape index (κ3) is 5.30. The number of alkyl halides is 3. The molecule has 0 spiro atoms. The van der Waals surface area contributed by atoms with Gasteiger partial charge in [-0.3, -0.25) is 14.9 Å². The number of benzene rings is 2. The Labute approximate surface area is 150 Å². The van der Waals surface area contributed by atoms with Crippen molar-refractivity contribution < 1.29 is 22.9 Å². The van der Waals surface area contributed by atoms with E-state index in [0.717, 1.165) is 24.4 Å². The summed E-state index contributed by atoms with van der Waals surface area (Å²) in [4.78, 5) is 22.2. The molecule has 0 aliphatic heterocycles. The summed E-state index contributed by atoms with van der Waals surface area (Å²) in [5, 5.41) is 24.6. The van der Waals surface area contributed by atoms with Gasteiger partial charge < -0.3 is 10.6 Å². The van der Waals surface area contributed by atoms with E-state index in [4.69, 9.17) is 5.26 Å². The molecular formula is C17H11F3N4O3. The minimum Gasteiger partial charge on any atom is -0.360 e. The smallest absolute Gasteiger partial charge is 0.360 e. The highest BCUT2D eigenvalue weighted by atomic mass is 19.4. The Bertz CT molecular complexity index is 949. The number of nitro benzene ring substituents is 1. The summed E-state index contributed by atoms with van der Waals surface area (Å²) in [6.45, 7) is 0. The van der Waals surface area contributed by atoms with Crippen LogP contribution in [0, 0.1) is 21.4 Å². The molecule has 2 aromatic rings. The van der Waals surface area contributed by atoms with E-state index in [1.54, 1.807) is 6.07 Å². The topological polar surface area (TPSA) is 108 Å². The number of halogens is 3. The zero-order chi connectivity index (χ0) is 20.0. The van der Waals surface area contributed by atoms with Crippen molar-refractivity contribution in [1.82, 2.24) is 0 Å². The second-order valence-corrected chi connectivity index (χ2v) is 5.15. The van der Waals surface area contributed by atoms with Gasteiger partial charge in [0.05, 0.1) is 10.5 Å². The predicted molar refractivity (Wildman–Crippen MR) is 90.5 cm³/mol. The maximum atomic E-state index is 12.7. The highest BCUT2D eigenvalue weighted by Gasteiger charge is 2.30. The molecule has 0 aromatic heterocycles. The molecule has 1 amide bonds. The van der Waals surface area contributed by atoms with Gasteiger partial charge in [-0.1, -0.05) is 12.1 Å². The molecule has 7 nitrogen and oxygen atoms in total. The highest BCUT2D eigenvalue weighted by Crippen LogP contribution is 2.30. The van der Waals surface area contributed by atoms with Gasteiger partial charge in [-0.15, -0.1) is 0 Å². The Hall–Kier alpha value is -3.87. The monoisotopic (exact) mass is 376 g/mol. The molecular weight excluding hydrogens is 365 g/mol. The van der Waals surface area contributed by atoms with Crippen molar-refractivity contribution in [3.8, 4) is 6.07 Å². The molecule has 27 heavy (non-hydrogen) atoms. The lowest BCUT2D eigenvalue weighted by atomic mass is 10.2. The van der Waals surface area contributed by atoms with Crippen molar-refractivity contribution in [1.29, 1.82) is 5.26 Å². The maximum Gasteiger partial charge on any atom is 0.416 e. The van der Waals surface area contributed by atoms with Crippen LogP contribution >= 0.6 is 0 Å². The summed E-state index contributed by atoms with van der Waals surface area (Å²) in [5.74, 6) is -0.935. The molecule has 0 radical (unpaired) electrons. The largest absolute Gasteiger partial charge is 0.416 e. The zero-order valence-electron chi connectivity index (χ0n) is 13.4. The zero-order valence-corrected chi connectivity index (χ0v) is 13.4. The standard InChI is InChI=1S/C17H11F3N4O3/c18-17(19,20)12-3-1-5-14(7-12)23-16(25)11(9-21)10-22-13-4-2-6-15(8-13)24(26)27/h1-8,10,22H,(H,23,25)/b11-10-. The first kappa shape index (κ1) is 19.5. The van der Waals surface area contributed by atoms with Crippen LogP contribution in [-0.4, -0.2) is 10.8 Å². The van der Waals surface area contributed by atoms with Crippen LogP contribution < -0.4 is 10.6 Å². The quantitative estimate of drug-likeness (QED) is 0.354. The number of nitriles is 1. The molecule has 10 heteroatoms. The van der Waals surface area contributed by atoms with E-state index in [9.17, 15) is 28.1 Å². The number of nitrogens with zero attached hydrogens (tertiary/aromatic N) is 2. The number of non-ortho nitro benzene ring substituents is 1. The van der Waals surface area contributed by atoms with Crippen molar-refractivity contribution in [2.24, 2.45) is 0 Å².